The fraction of sp³-hybridized carbons (Fsp3) is 1.00. The van der Waals surface area contributed by atoms with Gasteiger partial charge in [-0.25, -0.2) is 0 Å². The van der Waals surface area contributed by atoms with E-state index in [9.17, 15) is 13.5 Å². The Morgan fingerprint density at radius 2 is 1.04 bits per heavy atom. The van der Waals surface area contributed by atoms with E-state index in [1.165, 1.54) is 51.4 Å². The minimum absolute atomic E-state index is 0.108. The summed E-state index contributed by atoms with van der Waals surface area (Å²) in [5, 5.41) is 9.95. The molecule has 146 valence electrons. The molecule has 0 aromatic rings. The Labute approximate surface area is 150 Å². The lowest BCUT2D eigenvalue weighted by atomic mass is 10.0. The average Bonchev–Trinajstić information content (AvgIpc) is 2.51. The van der Waals surface area contributed by atoms with Gasteiger partial charge in [0, 0.05) is 0 Å². The molecule has 0 amide bonds. The van der Waals surface area contributed by atoms with Gasteiger partial charge in [-0.05, 0) is 19.3 Å². The SMILES string of the molecule is CCCCCCCCC(O)CCCCCCCCCCS(=O)(=O)O. The van der Waals surface area contributed by atoms with E-state index in [0.717, 1.165) is 44.9 Å². The van der Waals surface area contributed by atoms with Crippen LogP contribution in [0.2, 0.25) is 0 Å². The molecule has 0 aromatic heterocycles. The molecule has 0 saturated carbocycles. The third-order valence-electron chi connectivity index (χ3n) is 4.58. The second-order valence-electron chi connectivity index (χ2n) is 7.11. The molecule has 1 unspecified atom stereocenters. The van der Waals surface area contributed by atoms with E-state index in [2.05, 4.69) is 6.92 Å². The minimum atomic E-state index is -3.77. The zero-order valence-electron chi connectivity index (χ0n) is 15.7. The Morgan fingerprint density at radius 3 is 1.46 bits per heavy atom. The molecule has 0 bridgehead atoms. The minimum Gasteiger partial charge on any atom is -0.393 e. The van der Waals surface area contributed by atoms with E-state index >= 15 is 0 Å². The summed E-state index contributed by atoms with van der Waals surface area (Å²) in [6, 6.07) is 0. The van der Waals surface area contributed by atoms with Crippen molar-refractivity contribution < 1.29 is 18.1 Å². The molecule has 0 saturated heterocycles. The number of hydrogen-bond acceptors (Lipinski definition) is 3. The summed E-state index contributed by atoms with van der Waals surface area (Å²) in [5.41, 5.74) is 0. The van der Waals surface area contributed by atoms with Crippen molar-refractivity contribution >= 4 is 10.1 Å². The number of aliphatic hydroxyl groups excluding tert-OH is 1. The van der Waals surface area contributed by atoms with Crippen LogP contribution in [0.3, 0.4) is 0 Å². The van der Waals surface area contributed by atoms with Gasteiger partial charge in [-0.2, -0.15) is 8.42 Å². The summed E-state index contributed by atoms with van der Waals surface area (Å²) in [7, 11) is -3.77. The van der Waals surface area contributed by atoms with Crippen LogP contribution < -0.4 is 0 Å². The van der Waals surface area contributed by atoms with Gasteiger partial charge in [0.1, 0.15) is 0 Å². The standard InChI is InChI=1S/C19H40O4S/c1-2-3-4-5-10-13-16-19(20)17-14-11-8-6-7-9-12-15-18-24(21,22)23/h19-20H,2-18H2,1H3,(H,21,22,23). The molecule has 2 N–H and O–H groups in total. The highest BCUT2D eigenvalue weighted by Gasteiger charge is 2.04. The lowest BCUT2D eigenvalue weighted by Crippen LogP contribution is -2.05. The zero-order chi connectivity index (χ0) is 18.1. The maximum absolute atomic E-state index is 10.6. The van der Waals surface area contributed by atoms with Crippen LogP contribution in [0.25, 0.3) is 0 Å². The Kier molecular flexibility index (Phi) is 16.3. The number of hydrogen-bond donors (Lipinski definition) is 2. The zero-order valence-corrected chi connectivity index (χ0v) is 16.5. The lowest BCUT2D eigenvalue weighted by Gasteiger charge is -2.10. The van der Waals surface area contributed by atoms with Gasteiger partial charge in [0.2, 0.25) is 0 Å². The summed E-state index contributed by atoms with van der Waals surface area (Å²) < 4.78 is 29.7. The molecule has 0 aromatic carbocycles. The highest BCUT2D eigenvalue weighted by Crippen LogP contribution is 2.14. The van der Waals surface area contributed by atoms with Crippen molar-refractivity contribution in [3.63, 3.8) is 0 Å². The largest absolute Gasteiger partial charge is 0.393 e. The molecule has 5 heteroatoms. The molecule has 0 aliphatic carbocycles. The fourth-order valence-corrected chi connectivity index (χ4v) is 3.60. The number of aliphatic hydroxyl groups is 1. The quantitative estimate of drug-likeness (QED) is 0.249. The topological polar surface area (TPSA) is 74.6 Å². The molecule has 0 aliphatic heterocycles. The Hall–Kier alpha value is -0.130. The maximum Gasteiger partial charge on any atom is 0.264 e. The van der Waals surface area contributed by atoms with E-state index in [1.54, 1.807) is 0 Å². The molecule has 24 heavy (non-hydrogen) atoms. The lowest BCUT2D eigenvalue weighted by molar-refractivity contribution is 0.147. The fourth-order valence-electron chi connectivity index (χ4n) is 3.03. The normalized spacial score (nSPS) is 13.3. The van der Waals surface area contributed by atoms with Gasteiger partial charge < -0.3 is 5.11 Å². The Balaban J connectivity index is 3.20. The molecule has 1 atom stereocenters. The van der Waals surface area contributed by atoms with Crippen LogP contribution in [-0.2, 0) is 10.1 Å². The highest BCUT2D eigenvalue weighted by atomic mass is 32.2. The van der Waals surface area contributed by atoms with Crippen LogP contribution >= 0.6 is 0 Å². The number of unbranched alkanes of at least 4 members (excludes halogenated alkanes) is 12. The van der Waals surface area contributed by atoms with Crippen molar-refractivity contribution in [1.29, 1.82) is 0 Å². The van der Waals surface area contributed by atoms with Crippen molar-refractivity contribution in [1.82, 2.24) is 0 Å². The number of rotatable bonds is 18. The van der Waals surface area contributed by atoms with E-state index in [0.29, 0.717) is 6.42 Å². The molecule has 0 heterocycles. The molecule has 0 fully saturated rings. The predicted octanol–water partition coefficient (Wildman–Crippen LogP) is 5.50. The monoisotopic (exact) mass is 364 g/mol. The van der Waals surface area contributed by atoms with E-state index in [-0.39, 0.29) is 11.9 Å². The van der Waals surface area contributed by atoms with Crippen molar-refractivity contribution in [2.24, 2.45) is 0 Å². The Morgan fingerprint density at radius 1 is 0.667 bits per heavy atom. The predicted molar refractivity (Wildman–Crippen MR) is 102 cm³/mol. The van der Waals surface area contributed by atoms with Crippen molar-refractivity contribution in [3.05, 3.63) is 0 Å². The average molecular weight is 365 g/mol. The van der Waals surface area contributed by atoms with Gasteiger partial charge in [-0.1, -0.05) is 90.4 Å². The first kappa shape index (κ1) is 23.9. The first-order valence-electron chi connectivity index (χ1n) is 10.1. The van der Waals surface area contributed by atoms with Gasteiger partial charge >= 0.3 is 0 Å². The third-order valence-corrected chi connectivity index (χ3v) is 5.39. The van der Waals surface area contributed by atoms with Gasteiger partial charge in [-0.3, -0.25) is 4.55 Å². The summed E-state index contributed by atoms with van der Waals surface area (Å²) >= 11 is 0. The van der Waals surface area contributed by atoms with Crippen molar-refractivity contribution in [2.45, 2.75) is 116 Å². The van der Waals surface area contributed by atoms with Gasteiger partial charge in [0.15, 0.2) is 0 Å². The summed E-state index contributed by atoms with van der Waals surface area (Å²) in [4.78, 5) is 0. The second-order valence-corrected chi connectivity index (χ2v) is 8.69. The second kappa shape index (κ2) is 16.3. The van der Waals surface area contributed by atoms with E-state index in [1.807, 2.05) is 0 Å². The van der Waals surface area contributed by atoms with Gasteiger partial charge in [0.05, 0.1) is 11.9 Å². The van der Waals surface area contributed by atoms with E-state index < -0.39 is 10.1 Å². The summed E-state index contributed by atoms with van der Waals surface area (Å²) in [6.07, 6.45) is 17.7. The molecule has 0 rings (SSSR count). The molecule has 0 radical (unpaired) electrons. The van der Waals surface area contributed by atoms with Crippen LogP contribution in [0.5, 0.6) is 0 Å². The third kappa shape index (κ3) is 19.9. The van der Waals surface area contributed by atoms with Crippen molar-refractivity contribution in [2.75, 3.05) is 5.75 Å². The molecule has 0 aliphatic rings. The van der Waals surface area contributed by atoms with Crippen LogP contribution in [0.4, 0.5) is 0 Å². The van der Waals surface area contributed by atoms with E-state index in [4.69, 9.17) is 4.55 Å². The van der Waals surface area contributed by atoms with Gasteiger partial charge in [-0.15, -0.1) is 0 Å². The van der Waals surface area contributed by atoms with Crippen molar-refractivity contribution in [3.8, 4) is 0 Å². The molecular weight excluding hydrogens is 324 g/mol. The smallest absolute Gasteiger partial charge is 0.264 e. The highest BCUT2D eigenvalue weighted by molar-refractivity contribution is 7.85. The Bertz CT molecular complexity index is 354. The first-order chi connectivity index (χ1) is 11.5. The van der Waals surface area contributed by atoms with Crippen LogP contribution in [-0.4, -0.2) is 29.9 Å². The van der Waals surface area contributed by atoms with Gasteiger partial charge in [0.25, 0.3) is 10.1 Å². The molecule has 0 spiro atoms. The molecule has 4 nitrogen and oxygen atoms in total. The van der Waals surface area contributed by atoms with Crippen LogP contribution in [0, 0.1) is 0 Å². The van der Waals surface area contributed by atoms with Crippen LogP contribution in [0.15, 0.2) is 0 Å². The summed E-state index contributed by atoms with van der Waals surface area (Å²) in [5.74, 6) is -0.108. The maximum atomic E-state index is 10.6. The molecular formula is C19H40O4S. The van der Waals surface area contributed by atoms with Crippen LogP contribution in [0.1, 0.15) is 110 Å². The summed E-state index contributed by atoms with van der Waals surface area (Å²) in [6.45, 7) is 2.23. The first-order valence-corrected chi connectivity index (χ1v) is 11.7.